The van der Waals surface area contributed by atoms with Crippen LogP contribution >= 0.6 is 11.8 Å². The quantitative estimate of drug-likeness (QED) is 0.542. The number of hydrogen-bond acceptors (Lipinski definition) is 8. The van der Waals surface area contributed by atoms with Gasteiger partial charge in [-0.25, -0.2) is 9.97 Å². The predicted octanol–water partition coefficient (Wildman–Crippen LogP) is 3.92. The zero-order valence-electron chi connectivity index (χ0n) is 13.2. The fraction of sp³-hybridized carbons (Fsp3) is 0.0588. The Morgan fingerprint density at radius 1 is 1.08 bits per heavy atom. The maximum absolute atomic E-state index is 5.26. The number of para-hydroxylation sites is 1. The van der Waals surface area contributed by atoms with Crippen LogP contribution in [-0.4, -0.2) is 27.2 Å². The van der Waals surface area contributed by atoms with E-state index in [2.05, 4.69) is 25.4 Å². The van der Waals surface area contributed by atoms with Gasteiger partial charge in [-0.3, -0.25) is 5.32 Å². The first-order valence-corrected chi connectivity index (χ1v) is 8.26. The van der Waals surface area contributed by atoms with Crippen LogP contribution in [0.5, 0.6) is 5.75 Å². The van der Waals surface area contributed by atoms with Crippen LogP contribution < -0.4 is 10.1 Å². The van der Waals surface area contributed by atoms with Crippen LogP contribution in [0.2, 0.25) is 0 Å². The molecule has 0 aliphatic carbocycles. The molecule has 2 aromatic carbocycles. The van der Waals surface area contributed by atoms with Gasteiger partial charge in [-0.15, -0.1) is 0 Å². The van der Waals surface area contributed by atoms with Crippen molar-refractivity contribution in [3.8, 4) is 5.75 Å². The smallest absolute Gasteiger partial charge is 0.326 e. The average molecular weight is 351 g/mol. The van der Waals surface area contributed by atoms with Crippen LogP contribution in [-0.2, 0) is 0 Å². The van der Waals surface area contributed by atoms with Gasteiger partial charge in [-0.05, 0) is 42.1 Å². The summed E-state index contributed by atoms with van der Waals surface area (Å²) in [5.41, 5.74) is 0.824. The van der Waals surface area contributed by atoms with Crippen molar-refractivity contribution in [1.29, 1.82) is 0 Å². The largest absolute Gasteiger partial charge is 0.497 e. The van der Waals surface area contributed by atoms with Gasteiger partial charge in [0.05, 0.1) is 12.6 Å². The Hall–Kier alpha value is -3.13. The molecule has 0 aliphatic rings. The summed E-state index contributed by atoms with van der Waals surface area (Å²) in [7, 11) is 1.64. The van der Waals surface area contributed by atoms with Crippen LogP contribution in [0.25, 0.3) is 10.9 Å². The molecule has 0 bridgehead atoms. The minimum Gasteiger partial charge on any atom is -0.497 e. The van der Waals surface area contributed by atoms with E-state index in [4.69, 9.17) is 9.26 Å². The normalized spacial score (nSPS) is 10.8. The van der Waals surface area contributed by atoms with Gasteiger partial charge in [0.1, 0.15) is 11.6 Å². The molecule has 0 saturated carbocycles. The summed E-state index contributed by atoms with van der Waals surface area (Å²) >= 11 is 1.45. The Morgan fingerprint density at radius 2 is 2.00 bits per heavy atom. The van der Waals surface area contributed by atoms with Crippen molar-refractivity contribution >= 4 is 34.5 Å². The van der Waals surface area contributed by atoms with Gasteiger partial charge in [0.25, 0.3) is 0 Å². The molecule has 4 aromatic rings. The Kier molecular flexibility index (Phi) is 4.17. The number of aromatic nitrogens is 4. The number of methoxy groups -OCH3 is 1. The molecule has 0 fully saturated rings. The summed E-state index contributed by atoms with van der Waals surface area (Å²) in [6, 6.07) is 15.8. The lowest BCUT2D eigenvalue weighted by molar-refractivity contribution is 0.413. The fourth-order valence-corrected chi connectivity index (χ4v) is 3.11. The number of anilines is 2. The first-order chi connectivity index (χ1) is 12.3. The van der Waals surface area contributed by atoms with Crippen LogP contribution in [0.1, 0.15) is 0 Å². The van der Waals surface area contributed by atoms with Gasteiger partial charge in [0.15, 0.2) is 11.5 Å². The van der Waals surface area contributed by atoms with E-state index in [1.807, 2.05) is 48.5 Å². The van der Waals surface area contributed by atoms with E-state index in [0.29, 0.717) is 11.0 Å². The molecule has 0 aliphatic heterocycles. The van der Waals surface area contributed by atoms with Crippen LogP contribution in [0, 0.1) is 0 Å². The maximum atomic E-state index is 5.26. The molecule has 2 aromatic heterocycles. The Labute approximate surface area is 147 Å². The third kappa shape index (κ3) is 3.38. The first kappa shape index (κ1) is 15.4. The zero-order valence-corrected chi connectivity index (χ0v) is 14.0. The minimum absolute atomic E-state index is 0.279. The third-order valence-corrected chi connectivity index (χ3v) is 4.27. The molecule has 0 unspecified atom stereocenters. The summed E-state index contributed by atoms with van der Waals surface area (Å²) < 4.78 is 10.3. The summed E-state index contributed by atoms with van der Waals surface area (Å²) in [5, 5.41) is 8.12. The summed E-state index contributed by atoms with van der Waals surface area (Å²) in [4.78, 5) is 14.2. The van der Waals surface area contributed by atoms with E-state index in [1.165, 1.54) is 18.1 Å². The molecule has 0 atom stereocenters. The van der Waals surface area contributed by atoms with Gasteiger partial charge in [0, 0.05) is 10.3 Å². The number of hydrogen-bond donors (Lipinski definition) is 1. The Balaban J connectivity index is 1.73. The minimum atomic E-state index is 0.279. The fourth-order valence-electron chi connectivity index (χ4n) is 2.30. The Bertz CT molecular complexity index is 1010. The molecule has 124 valence electrons. The van der Waals surface area contributed by atoms with Crippen LogP contribution in [0.15, 0.2) is 69.4 Å². The maximum Gasteiger partial charge on any atom is 0.326 e. The molecule has 25 heavy (non-hydrogen) atoms. The topological polar surface area (TPSA) is 86.0 Å². The van der Waals surface area contributed by atoms with Gasteiger partial charge in [-0.1, -0.05) is 23.4 Å². The first-order valence-electron chi connectivity index (χ1n) is 7.44. The monoisotopic (exact) mass is 351 g/mol. The van der Waals surface area contributed by atoms with E-state index in [1.54, 1.807) is 7.11 Å². The van der Waals surface area contributed by atoms with Gasteiger partial charge in [-0.2, -0.15) is 4.98 Å². The van der Waals surface area contributed by atoms with Crippen LogP contribution in [0.4, 0.5) is 11.8 Å². The molecule has 0 amide bonds. The van der Waals surface area contributed by atoms with Crippen molar-refractivity contribution in [2.24, 2.45) is 0 Å². The number of nitrogens with zero attached hydrogens (tertiary/aromatic N) is 4. The van der Waals surface area contributed by atoms with Gasteiger partial charge >= 0.3 is 6.01 Å². The molecule has 0 saturated heterocycles. The summed E-state index contributed by atoms with van der Waals surface area (Å²) in [5.74, 6) is 1.40. The molecule has 7 nitrogen and oxygen atoms in total. The zero-order chi connectivity index (χ0) is 17.1. The number of benzene rings is 2. The van der Waals surface area contributed by atoms with Crippen LogP contribution in [0.3, 0.4) is 0 Å². The standard InChI is InChI=1S/C17H13N5O2S/c1-23-11-5-4-6-12(9-11)25-17-20-14-8-3-2-7-13(14)15(22-17)21-16-18-10-19-24-16/h2-10H,1H3,(H,18,19,20,21,22). The van der Waals surface area contributed by atoms with Gasteiger partial charge in [0.2, 0.25) is 0 Å². The third-order valence-electron chi connectivity index (χ3n) is 3.42. The number of rotatable bonds is 5. The number of ether oxygens (including phenoxy) is 1. The number of fused-ring (bicyclic) bond motifs is 1. The molecule has 0 spiro atoms. The van der Waals surface area contributed by atoms with E-state index in [9.17, 15) is 0 Å². The van der Waals surface area contributed by atoms with Crippen molar-refractivity contribution in [1.82, 2.24) is 20.1 Å². The van der Waals surface area contributed by atoms with Crippen molar-refractivity contribution in [2.45, 2.75) is 10.1 Å². The molecule has 2 heterocycles. The Morgan fingerprint density at radius 3 is 2.84 bits per heavy atom. The highest BCUT2D eigenvalue weighted by Crippen LogP contribution is 2.31. The SMILES string of the molecule is COc1cccc(Sc2nc(Nc3ncno3)c3ccccc3n2)c1. The highest BCUT2D eigenvalue weighted by Gasteiger charge is 2.11. The molecule has 1 N–H and O–H groups in total. The lowest BCUT2D eigenvalue weighted by Gasteiger charge is -2.08. The second kappa shape index (κ2) is 6.78. The van der Waals surface area contributed by atoms with Crippen molar-refractivity contribution in [3.05, 3.63) is 54.9 Å². The second-order valence-electron chi connectivity index (χ2n) is 5.02. The lowest BCUT2D eigenvalue weighted by atomic mass is 10.2. The van der Waals surface area contributed by atoms with Crippen molar-refractivity contribution in [2.75, 3.05) is 12.4 Å². The van der Waals surface area contributed by atoms with Crippen molar-refractivity contribution in [3.63, 3.8) is 0 Å². The van der Waals surface area contributed by atoms with E-state index in [-0.39, 0.29) is 6.01 Å². The molecule has 0 radical (unpaired) electrons. The summed E-state index contributed by atoms with van der Waals surface area (Å²) in [6.45, 7) is 0. The highest BCUT2D eigenvalue weighted by atomic mass is 32.2. The molecular formula is C17H13N5O2S. The van der Waals surface area contributed by atoms with E-state index in [0.717, 1.165) is 21.5 Å². The average Bonchev–Trinajstić information content (AvgIpc) is 3.15. The van der Waals surface area contributed by atoms with E-state index < -0.39 is 0 Å². The highest BCUT2D eigenvalue weighted by molar-refractivity contribution is 7.99. The van der Waals surface area contributed by atoms with Gasteiger partial charge < -0.3 is 9.26 Å². The molecule has 8 heteroatoms. The summed E-state index contributed by atoms with van der Waals surface area (Å²) in [6.07, 6.45) is 1.33. The predicted molar refractivity (Wildman–Crippen MR) is 94.2 cm³/mol. The lowest BCUT2D eigenvalue weighted by Crippen LogP contribution is -1.98. The molecular weight excluding hydrogens is 338 g/mol. The van der Waals surface area contributed by atoms with E-state index >= 15 is 0 Å². The van der Waals surface area contributed by atoms with Crippen molar-refractivity contribution < 1.29 is 9.26 Å². The molecule has 4 rings (SSSR count). The second-order valence-corrected chi connectivity index (χ2v) is 6.07. The number of nitrogens with one attached hydrogen (secondary N) is 1.